The zero-order chi connectivity index (χ0) is 21.1. The van der Waals surface area contributed by atoms with Crippen molar-refractivity contribution >= 4 is 12.0 Å². The van der Waals surface area contributed by atoms with Crippen molar-refractivity contribution in [1.82, 2.24) is 10.2 Å². The second-order valence-corrected chi connectivity index (χ2v) is 7.41. The minimum Gasteiger partial charge on any atom is -0.496 e. The number of nitrogens with one attached hydrogen (secondary N) is 1. The average molecular weight is 405 g/mol. The SMILES string of the molecule is CCCCC(CC)COC(=O)C(OC)(C(=Cc1ccccc1)OC)N1CCNC1. The van der Waals surface area contributed by atoms with Gasteiger partial charge in [-0.15, -0.1) is 0 Å². The van der Waals surface area contributed by atoms with Gasteiger partial charge in [0.1, 0.15) is 0 Å². The van der Waals surface area contributed by atoms with E-state index in [1.807, 2.05) is 41.3 Å². The van der Waals surface area contributed by atoms with Gasteiger partial charge in [0.05, 0.1) is 20.4 Å². The molecule has 1 N–H and O–H groups in total. The van der Waals surface area contributed by atoms with E-state index in [0.717, 1.165) is 37.8 Å². The Morgan fingerprint density at radius 3 is 2.59 bits per heavy atom. The van der Waals surface area contributed by atoms with Crippen molar-refractivity contribution in [3.05, 3.63) is 41.7 Å². The first-order chi connectivity index (χ1) is 14.1. The Kier molecular flexibility index (Phi) is 9.64. The summed E-state index contributed by atoms with van der Waals surface area (Å²) < 4.78 is 17.4. The zero-order valence-electron chi connectivity index (χ0n) is 18.3. The molecule has 2 atom stereocenters. The van der Waals surface area contributed by atoms with Crippen molar-refractivity contribution in [2.24, 2.45) is 5.92 Å². The number of unbranched alkanes of at least 4 members (excludes halogenated alkanes) is 1. The van der Waals surface area contributed by atoms with Crippen molar-refractivity contribution in [1.29, 1.82) is 0 Å². The number of hydrogen-bond donors (Lipinski definition) is 1. The molecule has 0 saturated carbocycles. The molecule has 2 unspecified atom stereocenters. The molecular weight excluding hydrogens is 368 g/mol. The number of methoxy groups -OCH3 is 2. The molecule has 0 radical (unpaired) electrons. The van der Waals surface area contributed by atoms with Crippen molar-refractivity contribution in [2.45, 2.75) is 45.3 Å². The molecule has 6 nitrogen and oxygen atoms in total. The maximum atomic E-state index is 13.4. The smallest absolute Gasteiger partial charge is 0.362 e. The standard InChI is InChI=1S/C23H36N2O4/c1-5-7-11-19(6-2)17-29-22(26)23(28-4,25-15-14-24-18-25)21(27-3)16-20-12-9-8-10-13-20/h8-10,12-13,16,19,24H,5-7,11,14-15,17-18H2,1-4H3. The normalized spacial score (nSPS) is 18.3. The molecule has 0 bridgehead atoms. The van der Waals surface area contributed by atoms with E-state index in [-0.39, 0.29) is 0 Å². The third-order valence-corrected chi connectivity index (χ3v) is 5.52. The lowest BCUT2D eigenvalue weighted by atomic mass is 10.0. The van der Waals surface area contributed by atoms with E-state index in [1.165, 1.54) is 7.11 Å². The molecule has 29 heavy (non-hydrogen) atoms. The first-order valence-electron chi connectivity index (χ1n) is 10.6. The van der Waals surface area contributed by atoms with Crippen molar-refractivity contribution in [3.8, 4) is 0 Å². The lowest BCUT2D eigenvalue weighted by Crippen LogP contribution is -2.58. The lowest BCUT2D eigenvalue weighted by molar-refractivity contribution is -0.193. The quantitative estimate of drug-likeness (QED) is 0.424. The molecular formula is C23H36N2O4. The summed E-state index contributed by atoms with van der Waals surface area (Å²) in [6.07, 6.45) is 6.16. The number of nitrogens with zero attached hydrogens (tertiary/aromatic N) is 1. The molecule has 1 heterocycles. The topological polar surface area (TPSA) is 60.0 Å². The van der Waals surface area contributed by atoms with Gasteiger partial charge in [0, 0.05) is 20.2 Å². The Morgan fingerprint density at radius 2 is 2.03 bits per heavy atom. The van der Waals surface area contributed by atoms with Crippen LogP contribution in [0, 0.1) is 5.92 Å². The van der Waals surface area contributed by atoms with Crippen molar-refractivity contribution < 1.29 is 19.0 Å². The number of ether oxygens (including phenoxy) is 3. The molecule has 0 amide bonds. The number of carbonyl (C=O) groups is 1. The van der Waals surface area contributed by atoms with E-state index < -0.39 is 11.7 Å². The maximum Gasteiger partial charge on any atom is 0.362 e. The Bertz CT molecular complexity index is 644. The van der Waals surface area contributed by atoms with Crippen LogP contribution in [0.4, 0.5) is 0 Å². The number of esters is 1. The van der Waals surface area contributed by atoms with Gasteiger partial charge in [0.2, 0.25) is 0 Å². The van der Waals surface area contributed by atoms with Gasteiger partial charge in [0.15, 0.2) is 5.76 Å². The zero-order valence-corrected chi connectivity index (χ0v) is 18.3. The van der Waals surface area contributed by atoms with Gasteiger partial charge in [-0.3, -0.25) is 0 Å². The second kappa shape index (κ2) is 12.0. The molecule has 2 rings (SSSR count). The summed E-state index contributed by atoms with van der Waals surface area (Å²) in [6, 6.07) is 9.77. The monoisotopic (exact) mass is 404 g/mol. The van der Waals surface area contributed by atoms with Gasteiger partial charge in [-0.25, -0.2) is 9.69 Å². The third kappa shape index (κ3) is 5.81. The van der Waals surface area contributed by atoms with Crippen LogP contribution < -0.4 is 5.32 Å². The van der Waals surface area contributed by atoms with Gasteiger partial charge >= 0.3 is 5.97 Å². The van der Waals surface area contributed by atoms with Crippen LogP contribution in [0.5, 0.6) is 0 Å². The van der Waals surface area contributed by atoms with Crippen LogP contribution in [0.2, 0.25) is 0 Å². The predicted octanol–water partition coefficient (Wildman–Crippen LogP) is 3.64. The van der Waals surface area contributed by atoms with Crippen molar-refractivity contribution in [3.63, 3.8) is 0 Å². The van der Waals surface area contributed by atoms with Crippen LogP contribution in [0.25, 0.3) is 6.08 Å². The molecule has 1 aromatic rings. The average Bonchev–Trinajstić information content (AvgIpc) is 3.30. The van der Waals surface area contributed by atoms with Crippen LogP contribution in [0.15, 0.2) is 36.1 Å². The van der Waals surface area contributed by atoms with Gasteiger partial charge < -0.3 is 19.5 Å². The summed E-state index contributed by atoms with van der Waals surface area (Å²) in [4.78, 5) is 15.4. The van der Waals surface area contributed by atoms with E-state index >= 15 is 0 Å². The Morgan fingerprint density at radius 1 is 1.28 bits per heavy atom. The van der Waals surface area contributed by atoms with Crippen LogP contribution in [0.3, 0.4) is 0 Å². The highest BCUT2D eigenvalue weighted by molar-refractivity contribution is 5.84. The van der Waals surface area contributed by atoms with Crippen LogP contribution in [-0.4, -0.2) is 57.2 Å². The minimum atomic E-state index is -1.42. The first-order valence-corrected chi connectivity index (χ1v) is 10.6. The van der Waals surface area contributed by atoms with Crippen LogP contribution in [-0.2, 0) is 19.0 Å². The Hall–Kier alpha value is -1.89. The second-order valence-electron chi connectivity index (χ2n) is 7.41. The summed E-state index contributed by atoms with van der Waals surface area (Å²) >= 11 is 0. The molecule has 1 saturated heterocycles. The Labute approximate surface area is 175 Å². The molecule has 6 heteroatoms. The van der Waals surface area contributed by atoms with Crippen molar-refractivity contribution in [2.75, 3.05) is 40.6 Å². The summed E-state index contributed by atoms with van der Waals surface area (Å²) in [7, 11) is 3.10. The fourth-order valence-electron chi connectivity index (χ4n) is 3.66. The highest BCUT2D eigenvalue weighted by atomic mass is 16.6. The van der Waals surface area contributed by atoms with Crippen LogP contribution in [0.1, 0.15) is 45.1 Å². The number of benzene rings is 1. The van der Waals surface area contributed by atoms with Crippen LogP contribution >= 0.6 is 0 Å². The van der Waals surface area contributed by atoms with E-state index in [9.17, 15) is 4.79 Å². The maximum absolute atomic E-state index is 13.4. The molecule has 1 aromatic carbocycles. The van der Waals surface area contributed by atoms with E-state index in [0.29, 0.717) is 31.5 Å². The van der Waals surface area contributed by atoms with E-state index in [2.05, 4.69) is 19.2 Å². The largest absolute Gasteiger partial charge is 0.496 e. The fourth-order valence-corrected chi connectivity index (χ4v) is 3.66. The molecule has 1 aliphatic rings. The van der Waals surface area contributed by atoms with Gasteiger partial charge in [-0.05, 0) is 24.0 Å². The first kappa shape index (κ1) is 23.4. The fraction of sp³-hybridized carbons (Fsp3) is 0.609. The number of rotatable bonds is 12. The highest BCUT2D eigenvalue weighted by Gasteiger charge is 2.52. The summed E-state index contributed by atoms with van der Waals surface area (Å²) in [5.74, 6) is 0.346. The van der Waals surface area contributed by atoms with Gasteiger partial charge in [-0.1, -0.05) is 63.4 Å². The molecule has 0 aliphatic carbocycles. The molecule has 0 aromatic heterocycles. The molecule has 1 aliphatic heterocycles. The molecule has 1 fully saturated rings. The summed E-state index contributed by atoms with van der Waals surface area (Å²) in [5, 5.41) is 3.27. The third-order valence-electron chi connectivity index (χ3n) is 5.52. The highest BCUT2D eigenvalue weighted by Crippen LogP contribution is 2.31. The minimum absolute atomic E-state index is 0.356. The van der Waals surface area contributed by atoms with Gasteiger partial charge in [0.25, 0.3) is 5.72 Å². The number of hydrogen-bond acceptors (Lipinski definition) is 6. The Balaban J connectivity index is 2.31. The predicted molar refractivity (Wildman–Crippen MR) is 115 cm³/mol. The lowest BCUT2D eigenvalue weighted by Gasteiger charge is -2.38. The van der Waals surface area contributed by atoms with E-state index in [4.69, 9.17) is 14.2 Å². The molecule has 162 valence electrons. The summed E-state index contributed by atoms with van der Waals surface area (Å²) in [6.45, 7) is 6.65. The van der Waals surface area contributed by atoms with E-state index in [1.54, 1.807) is 7.11 Å². The molecule has 0 spiro atoms. The van der Waals surface area contributed by atoms with Gasteiger partial charge in [-0.2, -0.15) is 0 Å². The summed E-state index contributed by atoms with van der Waals surface area (Å²) in [5.41, 5.74) is -0.489. The number of carbonyl (C=O) groups excluding carboxylic acids is 1.